The molecule has 3 aliphatic carbocycles. The van der Waals surface area contributed by atoms with Gasteiger partial charge in [-0.15, -0.1) is 0 Å². The van der Waals surface area contributed by atoms with Crippen molar-refractivity contribution in [1.82, 2.24) is 0 Å². The molecule has 1 spiro atoms. The summed E-state index contributed by atoms with van der Waals surface area (Å²) in [6, 6.07) is 1.89. The van der Waals surface area contributed by atoms with E-state index < -0.39 is 23.2 Å². The SMILES string of the molecule is CC1(C)C(=O)C=C[C@@]2(C)C1C=C[C@]1(C)C2CC[C@@]2(C)[C@H](c3ccoc3)OC(=O)C3OC321. The molecule has 1 saturated carbocycles. The standard InChI is InChI=1S/C26H30O5/c1-22(2)16-6-11-24(4)17(23(16,3)10-8-18(22)27)7-12-25(5)19(15-9-13-29-14-15)30-21(28)20-26(24,25)31-20/h6,8-11,13-14,16-17,19-20H,7,12H2,1-5H3/t16?,17?,19-,20?,23-,24+,25-,26?/m0/s1. The molecule has 0 N–H and O–H groups in total. The third kappa shape index (κ3) is 1.95. The van der Waals surface area contributed by atoms with Gasteiger partial charge in [0, 0.05) is 21.8 Å². The van der Waals surface area contributed by atoms with E-state index in [9.17, 15) is 9.59 Å². The third-order valence-corrected chi connectivity index (χ3v) is 9.88. The Hall–Kier alpha value is -2.14. The van der Waals surface area contributed by atoms with Crippen LogP contribution in [0.3, 0.4) is 0 Å². The number of carbonyl (C=O) groups is 2. The summed E-state index contributed by atoms with van der Waals surface area (Å²) in [5.74, 6) is 0.283. The van der Waals surface area contributed by atoms with E-state index in [2.05, 4.69) is 52.8 Å². The van der Waals surface area contributed by atoms with Gasteiger partial charge in [-0.1, -0.05) is 52.8 Å². The van der Waals surface area contributed by atoms with Crippen LogP contribution in [0.5, 0.6) is 0 Å². The zero-order valence-electron chi connectivity index (χ0n) is 18.8. The second-order valence-corrected chi connectivity index (χ2v) is 11.5. The summed E-state index contributed by atoms with van der Waals surface area (Å²) in [5, 5.41) is 0. The molecule has 5 nitrogen and oxygen atoms in total. The maximum atomic E-state index is 13.0. The van der Waals surface area contributed by atoms with Gasteiger partial charge in [0.2, 0.25) is 0 Å². The first kappa shape index (κ1) is 19.5. The maximum absolute atomic E-state index is 13.0. The van der Waals surface area contributed by atoms with Crippen LogP contribution in [-0.2, 0) is 19.1 Å². The molecule has 3 heterocycles. The number of carbonyl (C=O) groups excluding carboxylic acids is 2. The quantitative estimate of drug-likeness (QED) is 0.370. The molecule has 8 atom stereocenters. The van der Waals surface area contributed by atoms with Crippen molar-refractivity contribution in [2.75, 3.05) is 0 Å². The molecule has 31 heavy (non-hydrogen) atoms. The molecule has 5 aliphatic rings. The fraction of sp³-hybridized carbons (Fsp3) is 0.615. The van der Waals surface area contributed by atoms with Crippen LogP contribution in [-0.4, -0.2) is 23.5 Å². The predicted molar refractivity (Wildman–Crippen MR) is 113 cm³/mol. The van der Waals surface area contributed by atoms with E-state index in [-0.39, 0.29) is 39.8 Å². The number of cyclic esters (lactones) is 1. The minimum absolute atomic E-state index is 0.119. The zero-order chi connectivity index (χ0) is 22.0. The number of ketones is 1. The molecule has 4 unspecified atom stereocenters. The van der Waals surface area contributed by atoms with Crippen LogP contribution in [0.1, 0.15) is 59.1 Å². The van der Waals surface area contributed by atoms with Gasteiger partial charge in [-0.05, 0) is 42.2 Å². The van der Waals surface area contributed by atoms with Crippen LogP contribution in [0, 0.1) is 33.5 Å². The lowest BCUT2D eigenvalue weighted by Gasteiger charge is -2.64. The van der Waals surface area contributed by atoms with Crippen LogP contribution in [0.4, 0.5) is 0 Å². The minimum atomic E-state index is -0.621. The van der Waals surface area contributed by atoms with Gasteiger partial charge >= 0.3 is 5.97 Å². The number of fused-ring (bicyclic) bond motifs is 3. The lowest BCUT2D eigenvalue weighted by molar-refractivity contribution is -0.191. The zero-order valence-corrected chi connectivity index (χ0v) is 18.8. The first-order valence-electron chi connectivity index (χ1n) is 11.4. The third-order valence-electron chi connectivity index (χ3n) is 9.88. The number of furan rings is 1. The fourth-order valence-corrected chi connectivity index (χ4v) is 8.29. The number of hydrogen-bond donors (Lipinski definition) is 0. The van der Waals surface area contributed by atoms with Gasteiger partial charge in [-0.25, -0.2) is 4.79 Å². The smallest absolute Gasteiger partial charge is 0.339 e. The summed E-state index contributed by atoms with van der Waals surface area (Å²) in [6.07, 6.45) is 12.7. The summed E-state index contributed by atoms with van der Waals surface area (Å²) < 4.78 is 17.7. The highest BCUT2D eigenvalue weighted by molar-refractivity contribution is 5.96. The van der Waals surface area contributed by atoms with Crippen molar-refractivity contribution in [1.29, 1.82) is 0 Å². The van der Waals surface area contributed by atoms with Crippen molar-refractivity contribution < 1.29 is 23.5 Å². The average Bonchev–Trinajstić information content (AvgIpc) is 3.28. The number of esters is 1. The fourth-order valence-electron chi connectivity index (χ4n) is 8.29. The number of rotatable bonds is 1. The van der Waals surface area contributed by atoms with Gasteiger partial charge in [0.25, 0.3) is 0 Å². The molecule has 3 fully saturated rings. The molecule has 1 aromatic rings. The average molecular weight is 423 g/mol. The highest BCUT2D eigenvalue weighted by Crippen LogP contribution is 2.78. The number of ether oxygens (including phenoxy) is 2. The molecule has 0 radical (unpaired) electrons. The summed E-state index contributed by atoms with van der Waals surface area (Å²) in [4.78, 5) is 25.7. The van der Waals surface area contributed by atoms with Crippen LogP contribution < -0.4 is 0 Å². The summed E-state index contributed by atoms with van der Waals surface area (Å²) in [6.45, 7) is 10.9. The van der Waals surface area contributed by atoms with Crippen molar-refractivity contribution in [2.45, 2.75) is 65.3 Å². The molecule has 0 aromatic carbocycles. The Kier molecular flexibility index (Phi) is 3.42. The highest BCUT2D eigenvalue weighted by Gasteiger charge is 2.85. The van der Waals surface area contributed by atoms with Crippen molar-refractivity contribution in [3.8, 4) is 0 Å². The minimum Gasteiger partial charge on any atom is -0.472 e. The first-order chi connectivity index (χ1) is 14.5. The Labute approximate surface area is 182 Å². The van der Waals surface area contributed by atoms with Crippen LogP contribution in [0.15, 0.2) is 47.3 Å². The Balaban J connectivity index is 1.52. The summed E-state index contributed by atoms with van der Waals surface area (Å²) in [5.41, 5.74) is -1.08. The summed E-state index contributed by atoms with van der Waals surface area (Å²) in [7, 11) is 0. The Morgan fingerprint density at radius 2 is 1.81 bits per heavy atom. The number of epoxide rings is 1. The number of allylic oxidation sites excluding steroid dienone is 3. The lowest BCUT2D eigenvalue weighted by atomic mass is 9.38. The Morgan fingerprint density at radius 1 is 1.03 bits per heavy atom. The van der Waals surface area contributed by atoms with Crippen LogP contribution >= 0.6 is 0 Å². The summed E-state index contributed by atoms with van der Waals surface area (Å²) >= 11 is 0. The molecule has 5 heteroatoms. The Bertz CT molecular complexity index is 1050. The van der Waals surface area contributed by atoms with Crippen LogP contribution in [0.2, 0.25) is 0 Å². The molecule has 0 bridgehead atoms. The van der Waals surface area contributed by atoms with Crippen molar-refractivity contribution >= 4 is 11.8 Å². The normalized spacial score (nSPS) is 51.3. The first-order valence-corrected chi connectivity index (χ1v) is 11.4. The van der Waals surface area contributed by atoms with E-state index in [0.29, 0.717) is 0 Å². The molecule has 2 saturated heterocycles. The van der Waals surface area contributed by atoms with E-state index in [1.165, 1.54) is 0 Å². The van der Waals surface area contributed by atoms with Crippen molar-refractivity contribution in [2.24, 2.45) is 33.5 Å². The number of hydrogen-bond acceptors (Lipinski definition) is 5. The van der Waals surface area contributed by atoms with Gasteiger partial charge < -0.3 is 13.9 Å². The van der Waals surface area contributed by atoms with Crippen LogP contribution in [0.25, 0.3) is 0 Å². The molecular weight excluding hydrogens is 392 g/mol. The van der Waals surface area contributed by atoms with E-state index in [1.54, 1.807) is 18.6 Å². The van der Waals surface area contributed by atoms with Gasteiger partial charge in [0.05, 0.1) is 12.5 Å². The van der Waals surface area contributed by atoms with Gasteiger partial charge in [0.15, 0.2) is 11.9 Å². The molecule has 2 aliphatic heterocycles. The second kappa shape index (κ2) is 5.43. The molecular formula is C26H30O5. The maximum Gasteiger partial charge on any atom is 0.339 e. The van der Waals surface area contributed by atoms with Gasteiger partial charge in [-0.3, -0.25) is 4.79 Å². The lowest BCUT2D eigenvalue weighted by Crippen LogP contribution is -2.66. The molecule has 6 rings (SSSR count). The topological polar surface area (TPSA) is 69.0 Å². The molecule has 164 valence electrons. The second-order valence-electron chi connectivity index (χ2n) is 11.5. The van der Waals surface area contributed by atoms with E-state index in [0.717, 1.165) is 18.4 Å². The predicted octanol–water partition coefficient (Wildman–Crippen LogP) is 4.80. The Morgan fingerprint density at radius 3 is 2.52 bits per heavy atom. The monoisotopic (exact) mass is 422 g/mol. The molecule has 0 amide bonds. The molecule has 1 aromatic heterocycles. The van der Waals surface area contributed by atoms with Crippen molar-refractivity contribution in [3.63, 3.8) is 0 Å². The van der Waals surface area contributed by atoms with E-state index in [1.807, 2.05) is 6.07 Å². The highest BCUT2D eigenvalue weighted by atomic mass is 16.7. The van der Waals surface area contributed by atoms with Gasteiger partial charge in [-0.2, -0.15) is 0 Å². The van der Waals surface area contributed by atoms with E-state index >= 15 is 0 Å². The van der Waals surface area contributed by atoms with Gasteiger partial charge in [0.1, 0.15) is 11.7 Å². The van der Waals surface area contributed by atoms with E-state index in [4.69, 9.17) is 13.9 Å². The largest absolute Gasteiger partial charge is 0.472 e. The van der Waals surface area contributed by atoms with Crippen molar-refractivity contribution in [3.05, 3.63) is 48.5 Å².